The lowest BCUT2D eigenvalue weighted by Gasteiger charge is -2.29. The molecule has 8 heteroatoms. The van der Waals surface area contributed by atoms with E-state index in [0.717, 1.165) is 11.1 Å². The second-order valence-electron chi connectivity index (χ2n) is 7.50. The van der Waals surface area contributed by atoms with Crippen LogP contribution in [0, 0.1) is 0 Å². The Labute approximate surface area is 156 Å². The predicted molar refractivity (Wildman–Crippen MR) is 95.3 cm³/mol. The summed E-state index contributed by atoms with van der Waals surface area (Å²) in [6.07, 6.45) is 0.0886. The van der Waals surface area contributed by atoms with Crippen LogP contribution in [-0.4, -0.2) is 58.9 Å². The first-order valence-electron chi connectivity index (χ1n) is 9.31. The molecule has 1 aromatic rings. The smallest absolute Gasteiger partial charge is 0.255 e. The van der Waals surface area contributed by atoms with Gasteiger partial charge in [0.1, 0.15) is 12.2 Å². The van der Waals surface area contributed by atoms with E-state index in [1.54, 1.807) is 0 Å². The number of nitrogens with zero attached hydrogens (tertiary/aromatic N) is 2. The van der Waals surface area contributed by atoms with Gasteiger partial charge in [-0.1, -0.05) is 18.2 Å². The van der Waals surface area contributed by atoms with E-state index in [9.17, 15) is 18.8 Å². The Morgan fingerprint density at radius 3 is 2.81 bits per heavy atom. The Morgan fingerprint density at radius 2 is 2.07 bits per heavy atom. The van der Waals surface area contributed by atoms with Crippen molar-refractivity contribution < 1.29 is 18.8 Å². The highest BCUT2D eigenvalue weighted by molar-refractivity contribution is 6.05. The lowest BCUT2D eigenvalue weighted by Crippen LogP contribution is -2.52. The van der Waals surface area contributed by atoms with Crippen molar-refractivity contribution >= 4 is 17.7 Å². The first-order valence-corrected chi connectivity index (χ1v) is 9.31. The number of fused-ring (bicyclic) bond motifs is 1. The van der Waals surface area contributed by atoms with Gasteiger partial charge >= 0.3 is 0 Å². The molecule has 1 aromatic carbocycles. The topological polar surface area (TPSA) is 95.7 Å². The first-order chi connectivity index (χ1) is 13.0. The van der Waals surface area contributed by atoms with Crippen LogP contribution >= 0.6 is 0 Å². The van der Waals surface area contributed by atoms with Crippen molar-refractivity contribution in [3.8, 4) is 0 Å². The van der Waals surface area contributed by atoms with E-state index in [1.165, 1.54) is 4.90 Å². The van der Waals surface area contributed by atoms with Crippen molar-refractivity contribution in [1.82, 2.24) is 15.1 Å². The van der Waals surface area contributed by atoms with Crippen LogP contribution in [0.15, 0.2) is 18.2 Å². The molecule has 0 radical (unpaired) electrons. The summed E-state index contributed by atoms with van der Waals surface area (Å²) in [4.78, 5) is 40.2. The molecular weight excluding hydrogens is 351 g/mol. The Kier molecular flexibility index (Phi) is 4.69. The highest BCUT2D eigenvalue weighted by Crippen LogP contribution is 2.31. The molecule has 2 fully saturated rings. The molecule has 3 N–H and O–H groups in total. The van der Waals surface area contributed by atoms with Gasteiger partial charge in [0.15, 0.2) is 0 Å². The molecule has 0 bridgehead atoms. The molecule has 3 aliphatic heterocycles. The molecule has 4 rings (SSSR count). The summed E-state index contributed by atoms with van der Waals surface area (Å²) in [5.41, 5.74) is 8.06. The van der Waals surface area contributed by atoms with Gasteiger partial charge < -0.3 is 10.6 Å². The van der Waals surface area contributed by atoms with E-state index < -0.39 is 18.1 Å². The zero-order chi connectivity index (χ0) is 19.1. The number of rotatable bonds is 4. The van der Waals surface area contributed by atoms with Gasteiger partial charge in [0.05, 0.1) is 0 Å². The number of alkyl halides is 1. The molecule has 1 unspecified atom stereocenters. The summed E-state index contributed by atoms with van der Waals surface area (Å²) in [5.74, 6) is -0.920. The summed E-state index contributed by atoms with van der Waals surface area (Å²) >= 11 is 0. The van der Waals surface area contributed by atoms with Crippen LogP contribution in [0.4, 0.5) is 4.39 Å². The average molecular weight is 374 g/mol. The third kappa shape index (κ3) is 3.23. The van der Waals surface area contributed by atoms with Gasteiger partial charge in [-0.2, -0.15) is 0 Å². The number of benzene rings is 1. The van der Waals surface area contributed by atoms with Crippen molar-refractivity contribution in [2.75, 3.05) is 13.1 Å². The predicted octanol–water partition coefficient (Wildman–Crippen LogP) is 0.319. The molecular formula is C19H23FN4O3. The number of carbonyl (C=O) groups is 3. The number of imide groups is 1. The number of hydrogen-bond donors (Lipinski definition) is 2. The van der Waals surface area contributed by atoms with Crippen LogP contribution in [0.5, 0.6) is 0 Å². The SMILES string of the molecule is NC[C@@H]1C[C@H](F)CN1Cc1cccc2c1C(=O)N(C1CCC(=O)NC1=O)C2. The van der Waals surface area contributed by atoms with Gasteiger partial charge in [0.25, 0.3) is 5.91 Å². The molecule has 0 spiro atoms. The van der Waals surface area contributed by atoms with Gasteiger partial charge in [-0.3, -0.25) is 24.6 Å². The van der Waals surface area contributed by atoms with E-state index in [-0.39, 0.29) is 24.3 Å². The number of likely N-dealkylation sites (tertiary alicyclic amines) is 1. The molecule has 0 aliphatic carbocycles. The van der Waals surface area contributed by atoms with Gasteiger partial charge in [0.2, 0.25) is 11.8 Å². The van der Waals surface area contributed by atoms with E-state index in [2.05, 4.69) is 5.32 Å². The minimum atomic E-state index is -0.897. The number of piperidine rings is 1. The summed E-state index contributed by atoms with van der Waals surface area (Å²) < 4.78 is 13.8. The number of halogens is 1. The second kappa shape index (κ2) is 7.01. The maximum absolute atomic E-state index is 13.8. The Bertz CT molecular complexity index is 799. The summed E-state index contributed by atoms with van der Waals surface area (Å²) in [5, 5.41) is 2.31. The van der Waals surface area contributed by atoms with Gasteiger partial charge in [-0.15, -0.1) is 0 Å². The molecule has 3 aliphatic rings. The Balaban J connectivity index is 1.57. The van der Waals surface area contributed by atoms with Gasteiger partial charge in [-0.25, -0.2) is 4.39 Å². The lowest BCUT2D eigenvalue weighted by molar-refractivity contribution is -0.136. The molecule has 144 valence electrons. The van der Waals surface area contributed by atoms with E-state index in [0.29, 0.717) is 44.6 Å². The molecule has 0 saturated carbocycles. The van der Waals surface area contributed by atoms with Crippen LogP contribution in [0.2, 0.25) is 0 Å². The third-order valence-electron chi connectivity index (χ3n) is 5.76. The maximum atomic E-state index is 13.8. The van der Waals surface area contributed by atoms with E-state index in [1.807, 2.05) is 23.1 Å². The van der Waals surface area contributed by atoms with Crippen molar-refractivity contribution in [2.45, 2.75) is 50.6 Å². The van der Waals surface area contributed by atoms with Crippen LogP contribution in [0.1, 0.15) is 40.7 Å². The summed E-state index contributed by atoms with van der Waals surface area (Å²) in [7, 11) is 0. The van der Waals surface area contributed by atoms with Crippen molar-refractivity contribution in [1.29, 1.82) is 0 Å². The fraction of sp³-hybridized carbons (Fsp3) is 0.526. The second-order valence-corrected chi connectivity index (χ2v) is 7.50. The number of nitrogens with two attached hydrogens (primary N) is 1. The minimum absolute atomic E-state index is 0.0291. The maximum Gasteiger partial charge on any atom is 0.255 e. The highest BCUT2D eigenvalue weighted by Gasteiger charge is 2.40. The van der Waals surface area contributed by atoms with E-state index >= 15 is 0 Å². The summed E-state index contributed by atoms with van der Waals surface area (Å²) in [6.45, 7) is 1.50. The molecule has 2 saturated heterocycles. The van der Waals surface area contributed by atoms with Crippen LogP contribution in [-0.2, 0) is 22.7 Å². The molecule has 3 heterocycles. The standard InChI is InChI=1S/C19H23FN4O3/c20-13-6-14(7-21)23(10-13)8-11-2-1-3-12-9-24(19(27)17(11)12)15-4-5-16(25)22-18(15)26/h1-3,13-15H,4-10,21H2,(H,22,25,26)/t13-,14-,15?/m0/s1. The lowest BCUT2D eigenvalue weighted by atomic mass is 10.0. The minimum Gasteiger partial charge on any atom is -0.329 e. The molecule has 0 aromatic heterocycles. The summed E-state index contributed by atoms with van der Waals surface area (Å²) in [6, 6.07) is 4.98. The number of nitrogens with one attached hydrogen (secondary N) is 1. The zero-order valence-electron chi connectivity index (χ0n) is 15.0. The Hall–Kier alpha value is -2.32. The van der Waals surface area contributed by atoms with E-state index in [4.69, 9.17) is 5.73 Å². The van der Waals surface area contributed by atoms with Crippen LogP contribution in [0.25, 0.3) is 0 Å². The molecule has 3 atom stereocenters. The average Bonchev–Trinajstić information content (AvgIpc) is 3.15. The van der Waals surface area contributed by atoms with Gasteiger partial charge in [0, 0.05) is 44.2 Å². The normalized spacial score (nSPS) is 28.6. The van der Waals surface area contributed by atoms with Crippen molar-refractivity contribution in [3.05, 3.63) is 34.9 Å². The number of hydrogen-bond acceptors (Lipinski definition) is 5. The Morgan fingerprint density at radius 1 is 1.26 bits per heavy atom. The third-order valence-corrected chi connectivity index (χ3v) is 5.76. The number of amides is 3. The first kappa shape index (κ1) is 18.1. The van der Waals surface area contributed by atoms with Crippen LogP contribution < -0.4 is 11.1 Å². The fourth-order valence-corrected chi connectivity index (χ4v) is 4.40. The molecule has 7 nitrogen and oxygen atoms in total. The van der Waals surface area contributed by atoms with Crippen molar-refractivity contribution in [2.24, 2.45) is 5.73 Å². The largest absolute Gasteiger partial charge is 0.329 e. The molecule has 3 amide bonds. The zero-order valence-corrected chi connectivity index (χ0v) is 15.0. The monoisotopic (exact) mass is 374 g/mol. The van der Waals surface area contributed by atoms with Gasteiger partial charge in [-0.05, 0) is 24.0 Å². The quantitative estimate of drug-likeness (QED) is 0.740. The van der Waals surface area contributed by atoms with Crippen molar-refractivity contribution in [3.63, 3.8) is 0 Å². The number of carbonyl (C=O) groups excluding carboxylic acids is 3. The molecule has 27 heavy (non-hydrogen) atoms. The fourth-order valence-electron chi connectivity index (χ4n) is 4.40. The highest BCUT2D eigenvalue weighted by atomic mass is 19.1. The van der Waals surface area contributed by atoms with Crippen LogP contribution in [0.3, 0.4) is 0 Å².